The number of thiazole rings is 1. The molecule has 0 saturated carbocycles. The highest BCUT2D eigenvalue weighted by atomic mass is 32.1. The monoisotopic (exact) mass is 343 g/mol. The predicted octanol–water partition coefficient (Wildman–Crippen LogP) is 2.94. The van der Waals surface area contributed by atoms with E-state index in [1.165, 1.54) is 0 Å². The van der Waals surface area contributed by atoms with Crippen molar-refractivity contribution in [2.24, 2.45) is 0 Å². The van der Waals surface area contributed by atoms with Crippen molar-refractivity contribution in [3.63, 3.8) is 0 Å². The van der Waals surface area contributed by atoms with Gasteiger partial charge in [-0.3, -0.25) is 9.69 Å². The zero-order valence-electron chi connectivity index (χ0n) is 13.7. The molecule has 0 radical (unpaired) electrons. The number of aryl methyl sites for hydroxylation is 1. The first-order valence-corrected chi connectivity index (χ1v) is 8.82. The van der Waals surface area contributed by atoms with Gasteiger partial charge in [-0.05, 0) is 24.6 Å². The summed E-state index contributed by atoms with van der Waals surface area (Å²) >= 11 is 1.57. The van der Waals surface area contributed by atoms with Gasteiger partial charge in [-0.2, -0.15) is 0 Å². The fraction of sp³-hybridized carbons (Fsp3) is 0.333. The summed E-state index contributed by atoms with van der Waals surface area (Å²) in [5.74, 6) is -0.129. The first kappa shape index (κ1) is 16.8. The minimum absolute atomic E-state index is 0.129. The third kappa shape index (κ3) is 4.74. The number of rotatable bonds is 5. The number of nitrogens with one attached hydrogen (secondary N) is 1. The second-order valence-corrected chi connectivity index (χ2v) is 6.92. The van der Waals surface area contributed by atoms with E-state index in [0.717, 1.165) is 54.0 Å². The number of nitrogens with zero attached hydrogens (tertiary/aromatic N) is 2. The topological polar surface area (TPSA) is 54.5 Å². The van der Waals surface area contributed by atoms with Gasteiger partial charge in [0.1, 0.15) is 0 Å². The van der Waals surface area contributed by atoms with E-state index < -0.39 is 0 Å². The van der Waals surface area contributed by atoms with Crippen molar-refractivity contribution in [3.8, 4) is 0 Å². The number of ether oxygens (including phenoxy) is 1. The highest BCUT2D eigenvalue weighted by molar-refractivity contribution is 7.12. The van der Waals surface area contributed by atoms with Crippen LogP contribution in [0.1, 0.15) is 15.4 Å². The fourth-order valence-electron chi connectivity index (χ4n) is 2.57. The van der Waals surface area contributed by atoms with Crippen LogP contribution in [0.25, 0.3) is 6.08 Å². The molecule has 1 aliphatic heterocycles. The molecule has 5 nitrogen and oxygen atoms in total. The average molecular weight is 343 g/mol. The van der Waals surface area contributed by atoms with Crippen molar-refractivity contribution in [1.29, 1.82) is 0 Å². The number of amides is 1. The molecule has 1 aliphatic rings. The molecule has 1 saturated heterocycles. The van der Waals surface area contributed by atoms with Crippen LogP contribution in [0, 0.1) is 6.92 Å². The fourth-order valence-corrected chi connectivity index (χ4v) is 3.26. The van der Waals surface area contributed by atoms with Crippen LogP contribution in [-0.2, 0) is 16.1 Å². The molecule has 0 unspecified atom stereocenters. The molecular weight excluding hydrogens is 322 g/mol. The third-order valence-corrected chi connectivity index (χ3v) is 4.69. The summed E-state index contributed by atoms with van der Waals surface area (Å²) in [5.41, 5.74) is 1.98. The molecule has 0 aliphatic carbocycles. The maximum atomic E-state index is 12.2. The molecule has 0 bridgehead atoms. The molecule has 24 heavy (non-hydrogen) atoms. The van der Waals surface area contributed by atoms with Gasteiger partial charge in [-0.1, -0.05) is 18.2 Å². The van der Waals surface area contributed by atoms with Crippen LogP contribution in [0.5, 0.6) is 0 Å². The molecule has 6 heteroatoms. The van der Waals surface area contributed by atoms with Gasteiger partial charge in [0.05, 0.1) is 18.2 Å². The summed E-state index contributed by atoms with van der Waals surface area (Å²) in [6.45, 7) is 6.15. The van der Waals surface area contributed by atoms with Gasteiger partial charge in [-0.25, -0.2) is 4.98 Å². The molecular formula is C18H21N3O2S. The lowest BCUT2D eigenvalue weighted by Crippen LogP contribution is -2.35. The van der Waals surface area contributed by atoms with Crippen LogP contribution in [0.2, 0.25) is 0 Å². The lowest BCUT2D eigenvalue weighted by molar-refractivity contribution is -0.111. The van der Waals surface area contributed by atoms with Gasteiger partial charge >= 0.3 is 0 Å². The average Bonchev–Trinajstić information content (AvgIpc) is 3.01. The van der Waals surface area contributed by atoms with E-state index in [2.05, 4.69) is 21.3 Å². The third-order valence-electron chi connectivity index (χ3n) is 3.81. The molecule has 0 spiro atoms. The van der Waals surface area contributed by atoms with E-state index >= 15 is 0 Å². The van der Waals surface area contributed by atoms with E-state index in [0.29, 0.717) is 0 Å². The highest BCUT2D eigenvalue weighted by Gasteiger charge is 2.13. The Labute approximate surface area is 146 Å². The minimum atomic E-state index is -0.129. The lowest BCUT2D eigenvalue weighted by Gasteiger charge is -2.27. The van der Waals surface area contributed by atoms with E-state index in [9.17, 15) is 4.79 Å². The standard InChI is InChI=1S/C18H21N3O2S/c1-14-19-12-16(24-14)6-7-18(22)20-17-5-3-2-4-15(17)13-21-8-10-23-11-9-21/h2-7,12H,8-11,13H2,1H3,(H,20,22)/b7-6+. The van der Waals surface area contributed by atoms with E-state index in [1.54, 1.807) is 29.7 Å². The summed E-state index contributed by atoms with van der Waals surface area (Å²) in [6.07, 6.45) is 5.12. The smallest absolute Gasteiger partial charge is 0.248 e. The highest BCUT2D eigenvalue weighted by Crippen LogP contribution is 2.18. The van der Waals surface area contributed by atoms with Crippen LogP contribution in [0.15, 0.2) is 36.5 Å². The van der Waals surface area contributed by atoms with Crippen molar-refractivity contribution < 1.29 is 9.53 Å². The number of hydrogen-bond donors (Lipinski definition) is 1. The summed E-state index contributed by atoms with van der Waals surface area (Å²) < 4.78 is 5.38. The molecule has 1 N–H and O–H groups in total. The van der Waals surface area contributed by atoms with Crippen LogP contribution in [-0.4, -0.2) is 42.1 Å². The summed E-state index contributed by atoms with van der Waals surface area (Å²) in [4.78, 5) is 19.7. The van der Waals surface area contributed by atoms with Crippen molar-refractivity contribution in [1.82, 2.24) is 9.88 Å². The SMILES string of the molecule is Cc1ncc(/C=C/C(=O)Nc2ccccc2CN2CCOCC2)s1. The summed E-state index contributed by atoms with van der Waals surface area (Å²) in [6, 6.07) is 7.94. The number of anilines is 1. The lowest BCUT2D eigenvalue weighted by atomic mass is 10.1. The van der Waals surface area contributed by atoms with E-state index in [1.807, 2.05) is 25.1 Å². The Kier molecular flexibility index (Phi) is 5.74. The van der Waals surface area contributed by atoms with Gasteiger partial charge in [0.25, 0.3) is 0 Å². The maximum absolute atomic E-state index is 12.2. The number of para-hydroxylation sites is 1. The van der Waals surface area contributed by atoms with Crippen LogP contribution < -0.4 is 5.32 Å². The summed E-state index contributed by atoms with van der Waals surface area (Å²) in [7, 11) is 0. The molecule has 2 heterocycles. The zero-order chi connectivity index (χ0) is 16.8. The van der Waals surface area contributed by atoms with Crippen molar-refractivity contribution in [3.05, 3.63) is 52.0 Å². The largest absolute Gasteiger partial charge is 0.379 e. The van der Waals surface area contributed by atoms with Gasteiger partial charge in [0.2, 0.25) is 5.91 Å². The Morgan fingerprint density at radius 1 is 1.38 bits per heavy atom. The van der Waals surface area contributed by atoms with Gasteiger partial charge < -0.3 is 10.1 Å². The van der Waals surface area contributed by atoms with Gasteiger partial charge in [0, 0.05) is 42.5 Å². The number of benzene rings is 1. The normalized spacial score (nSPS) is 15.7. The second-order valence-electron chi connectivity index (χ2n) is 5.65. The van der Waals surface area contributed by atoms with Gasteiger partial charge in [-0.15, -0.1) is 11.3 Å². The Balaban J connectivity index is 1.63. The molecule has 1 fully saturated rings. The predicted molar refractivity (Wildman–Crippen MR) is 97.1 cm³/mol. The molecule has 126 valence electrons. The number of carbonyl (C=O) groups is 1. The number of hydrogen-bond acceptors (Lipinski definition) is 5. The molecule has 3 rings (SSSR count). The first-order valence-electron chi connectivity index (χ1n) is 8.00. The van der Waals surface area contributed by atoms with Crippen molar-refractivity contribution in [2.75, 3.05) is 31.6 Å². The zero-order valence-corrected chi connectivity index (χ0v) is 14.5. The molecule has 1 aromatic carbocycles. The number of morpholine rings is 1. The molecule has 2 aromatic rings. The van der Waals surface area contributed by atoms with Crippen LogP contribution >= 0.6 is 11.3 Å². The molecule has 0 atom stereocenters. The maximum Gasteiger partial charge on any atom is 0.248 e. The first-order chi connectivity index (χ1) is 11.7. The second kappa shape index (κ2) is 8.19. The molecule has 1 amide bonds. The summed E-state index contributed by atoms with van der Waals surface area (Å²) in [5, 5.41) is 3.97. The number of carbonyl (C=O) groups excluding carboxylic acids is 1. The molecule has 1 aromatic heterocycles. The van der Waals surface area contributed by atoms with E-state index in [-0.39, 0.29) is 5.91 Å². The van der Waals surface area contributed by atoms with Crippen molar-refractivity contribution in [2.45, 2.75) is 13.5 Å². The Bertz CT molecular complexity index is 721. The van der Waals surface area contributed by atoms with E-state index in [4.69, 9.17) is 4.74 Å². The number of aromatic nitrogens is 1. The van der Waals surface area contributed by atoms with Crippen molar-refractivity contribution >= 4 is 29.0 Å². The Hall–Kier alpha value is -2.02. The minimum Gasteiger partial charge on any atom is -0.379 e. The Morgan fingerprint density at radius 2 is 2.17 bits per heavy atom. The Morgan fingerprint density at radius 3 is 2.92 bits per heavy atom. The quantitative estimate of drug-likeness (QED) is 0.848. The van der Waals surface area contributed by atoms with Crippen LogP contribution in [0.4, 0.5) is 5.69 Å². The van der Waals surface area contributed by atoms with Crippen LogP contribution in [0.3, 0.4) is 0 Å². The van der Waals surface area contributed by atoms with Gasteiger partial charge in [0.15, 0.2) is 0 Å².